The minimum Gasteiger partial charge on any atom is -0.508 e. The summed E-state index contributed by atoms with van der Waals surface area (Å²) in [5, 5.41) is 8.50. The van der Waals surface area contributed by atoms with Gasteiger partial charge >= 0.3 is 0 Å². The van der Waals surface area contributed by atoms with Crippen molar-refractivity contribution in [3.05, 3.63) is 24.2 Å². The van der Waals surface area contributed by atoms with E-state index >= 15 is 0 Å². The molecule has 0 aliphatic heterocycles. The number of allylic oxidation sites excluding steroid dienone is 2. The highest BCUT2D eigenvalue weighted by Gasteiger charge is 1.83. The van der Waals surface area contributed by atoms with Gasteiger partial charge in [-0.2, -0.15) is 0 Å². The van der Waals surface area contributed by atoms with E-state index in [-0.39, 0.29) is 5.76 Å². The Morgan fingerprint density at radius 2 is 2.25 bits per heavy atom. The van der Waals surface area contributed by atoms with E-state index in [1.54, 1.807) is 6.92 Å². The fourth-order valence-corrected chi connectivity index (χ4v) is 0.294. The van der Waals surface area contributed by atoms with Crippen LogP contribution in [0.15, 0.2) is 24.2 Å². The average Bonchev–Trinajstić information content (AvgIpc) is 1.65. The number of aliphatic hydroxyl groups excluding tert-OH is 1. The molecule has 0 radical (unpaired) electrons. The van der Waals surface area contributed by atoms with E-state index in [1.807, 2.05) is 0 Å². The number of hydrogen-bond acceptors (Lipinski definition) is 2. The zero-order chi connectivity index (χ0) is 6.57. The summed E-state index contributed by atoms with van der Waals surface area (Å²) in [4.78, 5) is 0. The fraction of sp³-hybridized carbons (Fsp3) is 0.333. The third kappa shape index (κ3) is 3.28. The predicted octanol–water partition coefficient (Wildman–Crippen LogP) is 1.61. The molecule has 0 aliphatic carbocycles. The minimum absolute atomic E-state index is 0.0179. The van der Waals surface area contributed by atoms with E-state index in [1.165, 1.54) is 13.2 Å². The summed E-state index contributed by atoms with van der Waals surface area (Å²) in [5.74, 6) is 0.668. The predicted molar refractivity (Wildman–Crippen MR) is 32.5 cm³/mol. The molecule has 0 aromatic rings. The first-order chi connectivity index (χ1) is 3.66. The number of aliphatic hydroxyl groups is 1. The van der Waals surface area contributed by atoms with Crippen molar-refractivity contribution in [2.45, 2.75) is 6.92 Å². The van der Waals surface area contributed by atoms with Crippen molar-refractivity contribution in [2.75, 3.05) is 7.11 Å². The van der Waals surface area contributed by atoms with Gasteiger partial charge in [0.1, 0.15) is 5.76 Å². The van der Waals surface area contributed by atoms with Gasteiger partial charge in [0, 0.05) is 6.08 Å². The van der Waals surface area contributed by atoms with Crippen molar-refractivity contribution in [3.8, 4) is 0 Å². The van der Waals surface area contributed by atoms with Gasteiger partial charge in [-0.1, -0.05) is 6.58 Å². The Balaban J connectivity index is 3.75. The molecule has 0 bridgehead atoms. The van der Waals surface area contributed by atoms with Crippen LogP contribution in [0.2, 0.25) is 0 Å². The van der Waals surface area contributed by atoms with Crippen molar-refractivity contribution >= 4 is 0 Å². The van der Waals surface area contributed by atoms with Crippen LogP contribution in [0.5, 0.6) is 0 Å². The zero-order valence-corrected chi connectivity index (χ0v) is 5.14. The van der Waals surface area contributed by atoms with Crippen molar-refractivity contribution in [2.24, 2.45) is 0 Å². The van der Waals surface area contributed by atoms with Gasteiger partial charge in [0.15, 0.2) is 0 Å². The summed E-state index contributed by atoms with van der Waals surface area (Å²) in [6.45, 7) is 4.98. The summed E-state index contributed by atoms with van der Waals surface area (Å²) >= 11 is 0. The molecule has 1 N–H and O–H groups in total. The summed E-state index contributed by atoms with van der Waals surface area (Å²) < 4.78 is 4.70. The number of hydrogen-bond donors (Lipinski definition) is 1. The maximum Gasteiger partial charge on any atom is 0.111 e. The topological polar surface area (TPSA) is 29.5 Å². The lowest BCUT2D eigenvalue weighted by Crippen LogP contribution is -1.79. The molecule has 0 amide bonds. The molecule has 0 saturated carbocycles. The van der Waals surface area contributed by atoms with Gasteiger partial charge in [0.25, 0.3) is 0 Å². The smallest absolute Gasteiger partial charge is 0.111 e. The van der Waals surface area contributed by atoms with Gasteiger partial charge in [-0.15, -0.1) is 0 Å². The summed E-state index contributed by atoms with van der Waals surface area (Å²) in [5.41, 5.74) is 0. The highest BCUT2D eigenvalue weighted by molar-refractivity contribution is 5.07. The molecule has 0 aromatic carbocycles. The van der Waals surface area contributed by atoms with Gasteiger partial charge in [-0.25, -0.2) is 0 Å². The Hall–Kier alpha value is -0.920. The number of methoxy groups -OCH3 is 1. The van der Waals surface area contributed by atoms with Crippen LogP contribution in [-0.2, 0) is 4.74 Å². The Morgan fingerprint density at radius 3 is 2.38 bits per heavy atom. The van der Waals surface area contributed by atoms with E-state index in [2.05, 4.69) is 6.58 Å². The van der Waals surface area contributed by atoms with Crippen LogP contribution in [0.1, 0.15) is 6.92 Å². The Morgan fingerprint density at radius 1 is 1.75 bits per heavy atom. The third-order valence-corrected chi connectivity index (χ3v) is 0.692. The van der Waals surface area contributed by atoms with E-state index in [0.717, 1.165) is 0 Å². The van der Waals surface area contributed by atoms with Crippen LogP contribution in [-0.4, -0.2) is 12.2 Å². The van der Waals surface area contributed by atoms with Crippen molar-refractivity contribution in [1.82, 2.24) is 0 Å². The van der Waals surface area contributed by atoms with Crippen molar-refractivity contribution in [1.29, 1.82) is 0 Å². The maximum atomic E-state index is 8.50. The first-order valence-corrected chi connectivity index (χ1v) is 2.27. The summed E-state index contributed by atoms with van der Waals surface area (Å²) in [6, 6.07) is 0. The Bertz CT molecular complexity index is 114. The number of rotatable bonds is 2. The quantitative estimate of drug-likeness (QED) is 0.436. The second kappa shape index (κ2) is 3.13. The van der Waals surface area contributed by atoms with E-state index in [9.17, 15) is 0 Å². The van der Waals surface area contributed by atoms with Gasteiger partial charge in [-0.05, 0) is 6.92 Å². The van der Waals surface area contributed by atoms with E-state index in [0.29, 0.717) is 5.76 Å². The molecular weight excluding hydrogens is 104 g/mol. The van der Waals surface area contributed by atoms with Crippen LogP contribution < -0.4 is 0 Å². The summed E-state index contributed by atoms with van der Waals surface area (Å²) in [7, 11) is 1.54. The molecule has 0 spiro atoms. The molecule has 0 aliphatic rings. The molecule has 2 nitrogen and oxygen atoms in total. The standard InChI is InChI=1S/C6H10O2/c1-5(7)4-6(2)8-3/h4,7H,1H2,2-3H3/b6-4-. The van der Waals surface area contributed by atoms with Gasteiger partial charge in [0.2, 0.25) is 0 Å². The fourth-order valence-electron chi connectivity index (χ4n) is 0.294. The lowest BCUT2D eigenvalue weighted by atomic mass is 10.4. The minimum atomic E-state index is 0.0179. The molecule has 2 heteroatoms. The van der Waals surface area contributed by atoms with Crippen molar-refractivity contribution < 1.29 is 9.84 Å². The van der Waals surface area contributed by atoms with E-state index < -0.39 is 0 Å². The highest BCUT2D eigenvalue weighted by atomic mass is 16.5. The van der Waals surface area contributed by atoms with Gasteiger partial charge in [-0.3, -0.25) is 0 Å². The SMILES string of the molecule is C=C(O)/C=C(/C)OC. The molecule has 46 valence electrons. The van der Waals surface area contributed by atoms with Gasteiger partial charge < -0.3 is 9.84 Å². The third-order valence-electron chi connectivity index (χ3n) is 0.692. The normalized spacial score (nSPS) is 11.0. The molecule has 0 unspecified atom stereocenters. The van der Waals surface area contributed by atoms with Crippen LogP contribution >= 0.6 is 0 Å². The van der Waals surface area contributed by atoms with E-state index in [4.69, 9.17) is 9.84 Å². The van der Waals surface area contributed by atoms with Crippen LogP contribution in [0.25, 0.3) is 0 Å². The second-order valence-electron chi connectivity index (χ2n) is 1.45. The van der Waals surface area contributed by atoms with Crippen LogP contribution in [0.4, 0.5) is 0 Å². The first-order valence-electron chi connectivity index (χ1n) is 2.27. The molecule has 0 rings (SSSR count). The first kappa shape index (κ1) is 7.08. The largest absolute Gasteiger partial charge is 0.508 e. The van der Waals surface area contributed by atoms with Crippen LogP contribution in [0.3, 0.4) is 0 Å². The van der Waals surface area contributed by atoms with Crippen molar-refractivity contribution in [3.63, 3.8) is 0 Å². The van der Waals surface area contributed by atoms with Gasteiger partial charge in [0.05, 0.1) is 12.9 Å². The monoisotopic (exact) mass is 114 g/mol. The molecule has 0 atom stereocenters. The Kier molecular flexibility index (Phi) is 2.77. The number of ether oxygens (including phenoxy) is 1. The summed E-state index contributed by atoms with van der Waals surface area (Å²) in [6.07, 6.45) is 1.44. The lowest BCUT2D eigenvalue weighted by molar-refractivity contribution is 0.290. The lowest BCUT2D eigenvalue weighted by Gasteiger charge is -1.95. The second-order valence-corrected chi connectivity index (χ2v) is 1.45. The molecule has 0 saturated heterocycles. The van der Waals surface area contributed by atoms with Crippen LogP contribution in [0, 0.1) is 0 Å². The molecule has 0 fully saturated rings. The maximum absolute atomic E-state index is 8.50. The molecule has 0 heterocycles. The average molecular weight is 114 g/mol. The molecular formula is C6H10O2. The highest BCUT2D eigenvalue weighted by Crippen LogP contribution is 1.95. The zero-order valence-electron chi connectivity index (χ0n) is 5.14. The molecule has 8 heavy (non-hydrogen) atoms. The molecule has 0 aromatic heterocycles. The Labute approximate surface area is 49.1 Å².